The Morgan fingerprint density at radius 3 is 2.24 bits per heavy atom. The molecular weight excluding hydrogens is 216 g/mol. The van der Waals surface area contributed by atoms with Crippen LogP contribution in [0.4, 0.5) is 0 Å². The van der Waals surface area contributed by atoms with E-state index in [4.69, 9.17) is 5.11 Å². The number of hydrogen-bond acceptors (Lipinski definition) is 3. The van der Waals surface area contributed by atoms with Crippen LogP contribution in [0.3, 0.4) is 0 Å². The molecule has 4 heteroatoms. The molecule has 102 valence electrons. The Kier molecular flexibility index (Phi) is 7.39. The van der Waals surface area contributed by atoms with Crippen molar-refractivity contribution in [1.29, 1.82) is 0 Å². The highest BCUT2D eigenvalue weighted by molar-refractivity contribution is 5.73. The maximum atomic E-state index is 11.1. The smallest absolute Gasteiger partial charge is 0.320 e. The Bertz CT molecular complexity index is 222. The number of carbonyl (C=O) groups is 1. The van der Waals surface area contributed by atoms with Crippen LogP contribution in [0.1, 0.15) is 53.9 Å². The van der Waals surface area contributed by atoms with E-state index in [1.807, 2.05) is 20.8 Å². The molecule has 3 N–H and O–H groups in total. The van der Waals surface area contributed by atoms with Crippen LogP contribution in [0.5, 0.6) is 0 Å². The van der Waals surface area contributed by atoms with Crippen LogP contribution in [0.25, 0.3) is 0 Å². The van der Waals surface area contributed by atoms with Gasteiger partial charge in [-0.15, -0.1) is 0 Å². The van der Waals surface area contributed by atoms with E-state index in [0.29, 0.717) is 12.5 Å². The molecule has 4 nitrogen and oxygen atoms in total. The van der Waals surface area contributed by atoms with Crippen LogP contribution >= 0.6 is 0 Å². The molecular formula is C13H28N2O2. The molecule has 0 aromatic carbocycles. The lowest BCUT2D eigenvalue weighted by atomic mass is 10.0. The minimum absolute atomic E-state index is 0.154. The van der Waals surface area contributed by atoms with Crippen LogP contribution in [-0.2, 0) is 4.79 Å². The molecule has 0 rings (SSSR count). The number of nitrogens with one attached hydrogen (secondary N) is 2. The molecule has 0 aromatic heterocycles. The first kappa shape index (κ1) is 16.4. The van der Waals surface area contributed by atoms with Gasteiger partial charge in [0.2, 0.25) is 0 Å². The molecule has 0 heterocycles. The Labute approximate surface area is 105 Å². The van der Waals surface area contributed by atoms with Gasteiger partial charge in [-0.1, -0.05) is 20.3 Å². The summed E-state index contributed by atoms with van der Waals surface area (Å²) < 4.78 is 0. The largest absolute Gasteiger partial charge is 0.480 e. The molecule has 0 aliphatic carbocycles. The van der Waals surface area contributed by atoms with Crippen LogP contribution in [0.15, 0.2) is 0 Å². The van der Waals surface area contributed by atoms with Gasteiger partial charge in [0.25, 0.3) is 0 Å². The highest BCUT2D eigenvalue weighted by Gasteiger charge is 2.22. The number of hydrogen-bond donors (Lipinski definition) is 3. The van der Waals surface area contributed by atoms with Gasteiger partial charge >= 0.3 is 5.97 Å². The topological polar surface area (TPSA) is 61.4 Å². The summed E-state index contributed by atoms with van der Waals surface area (Å²) in [4.78, 5) is 11.1. The van der Waals surface area contributed by atoms with Gasteiger partial charge in [0.1, 0.15) is 6.04 Å². The number of aliphatic carboxylic acids is 1. The van der Waals surface area contributed by atoms with Gasteiger partial charge < -0.3 is 10.4 Å². The summed E-state index contributed by atoms with van der Waals surface area (Å²) in [6, 6.07) is 0.0621. The summed E-state index contributed by atoms with van der Waals surface area (Å²) in [6.07, 6.45) is 2.64. The Morgan fingerprint density at radius 1 is 1.24 bits per heavy atom. The first-order valence-electron chi connectivity index (χ1n) is 6.46. The summed E-state index contributed by atoms with van der Waals surface area (Å²) in [7, 11) is 0. The summed E-state index contributed by atoms with van der Waals surface area (Å²) >= 11 is 0. The molecule has 0 aromatic rings. The molecule has 0 saturated heterocycles. The fourth-order valence-electron chi connectivity index (χ4n) is 1.64. The van der Waals surface area contributed by atoms with E-state index in [1.165, 1.54) is 0 Å². The van der Waals surface area contributed by atoms with Gasteiger partial charge in [-0.25, -0.2) is 0 Å². The van der Waals surface area contributed by atoms with Gasteiger partial charge in [-0.3, -0.25) is 10.1 Å². The molecule has 0 unspecified atom stereocenters. The van der Waals surface area contributed by atoms with Gasteiger partial charge in [0.05, 0.1) is 0 Å². The monoisotopic (exact) mass is 244 g/mol. The zero-order chi connectivity index (χ0) is 13.5. The molecule has 0 fully saturated rings. The average molecular weight is 244 g/mol. The number of unbranched alkanes of at least 4 members (excludes halogenated alkanes) is 1. The minimum Gasteiger partial charge on any atom is -0.480 e. The fraction of sp³-hybridized carbons (Fsp3) is 0.923. The molecule has 0 radical (unpaired) electrons. The lowest BCUT2D eigenvalue weighted by Crippen LogP contribution is -2.47. The zero-order valence-corrected chi connectivity index (χ0v) is 11.8. The van der Waals surface area contributed by atoms with Crippen LogP contribution in [0, 0.1) is 0 Å². The molecule has 0 aliphatic rings. The van der Waals surface area contributed by atoms with Crippen LogP contribution in [-0.4, -0.2) is 35.2 Å². The lowest BCUT2D eigenvalue weighted by molar-refractivity contribution is -0.140. The maximum Gasteiger partial charge on any atom is 0.320 e. The summed E-state index contributed by atoms with van der Waals surface area (Å²) in [5, 5.41) is 15.6. The van der Waals surface area contributed by atoms with Gasteiger partial charge in [0, 0.05) is 11.6 Å². The quantitative estimate of drug-likeness (QED) is 0.572. The summed E-state index contributed by atoms with van der Waals surface area (Å²) in [5.74, 6) is -0.753. The summed E-state index contributed by atoms with van der Waals surface area (Å²) in [5.41, 5.74) is -0.154. The Balaban J connectivity index is 3.83. The van der Waals surface area contributed by atoms with Crippen molar-refractivity contribution in [2.24, 2.45) is 0 Å². The van der Waals surface area contributed by atoms with Crippen LogP contribution < -0.4 is 10.6 Å². The van der Waals surface area contributed by atoms with Gasteiger partial charge in [-0.2, -0.15) is 0 Å². The second kappa shape index (κ2) is 7.67. The van der Waals surface area contributed by atoms with Crippen molar-refractivity contribution in [3.8, 4) is 0 Å². The van der Waals surface area contributed by atoms with E-state index in [-0.39, 0.29) is 5.54 Å². The predicted octanol–water partition coefficient (Wildman–Crippen LogP) is 2.00. The third-order valence-electron chi connectivity index (χ3n) is 2.38. The van der Waals surface area contributed by atoms with Gasteiger partial charge in [-0.05, 0) is 40.2 Å². The van der Waals surface area contributed by atoms with Crippen molar-refractivity contribution >= 4 is 5.97 Å². The zero-order valence-electron chi connectivity index (χ0n) is 11.8. The van der Waals surface area contributed by atoms with Crippen molar-refractivity contribution in [2.45, 2.75) is 71.5 Å². The van der Waals surface area contributed by atoms with Gasteiger partial charge in [0.15, 0.2) is 0 Å². The first-order chi connectivity index (χ1) is 7.72. The molecule has 0 saturated carbocycles. The molecule has 0 spiro atoms. The molecule has 0 amide bonds. The molecule has 1 atom stereocenters. The van der Waals surface area contributed by atoms with Crippen molar-refractivity contribution in [3.05, 3.63) is 0 Å². The van der Waals surface area contributed by atoms with Crippen molar-refractivity contribution in [3.63, 3.8) is 0 Å². The van der Waals surface area contributed by atoms with Crippen LogP contribution in [0.2, 0.25) is 0 Å². The lowest BCUT2D eigenvalue weighted by Gasteiger charge is -2.26. The highest BCUT2D eigenvalue weighted by Crippen LogP contribution is 2.07. The SMILES string of the molecule is CC(C)NCCCC[C@@H](NC(C)(C)C)C(=O)O. The van der Waals surface area contributed by atoms with E-state index >= 15 is 0 Å². The Morgan fingerprint density at radius 2 is 1.82 bits per heavy atom. The van der Waals surface area contributed by atoms with Crippen molar-refractivity contribution < 1.29 is 9.90 Å². The second-order valence-electron chi connectivity index (χ2n) is 5.89. The predicted molar refractivity (Wildman–Crippen MR) is 71.3 cm³/mol. The fourth-order valence-corrected chi connectivity index (χ4v) is 1.64. The number of carboxylic acids is 1. The van der Waals surface area contributed by atoms with Crippen molar-refractivity contribution in [1.82, 2.24) is 10.6 Å². The molecule has 0 bridgehead atoms. The third kappa shape index (κ3) is 10.3. The molecule has 0 aliphatic heterocycles. The summed E-state index contributed by atoms with van der Waals surface area (Å²) in [6.45, 7) is 11.2. The average Bonchev–Trinajstić information content (AvgIpc) is 2.12. The Hall–Kier alpha value is -0.610. The first-order valence-corrected chi connectivity index (χ1v) is 6.46. The highest BCUT2D eigenvalue weighted by atomic mass is 16.4. The standard InChI is InChI=1S/C13H28N2O2/c1-10(2)14-9-7-6-8-11(12(16)17)15-13(3,4)5/h10-11,14-15H,6-9H2,1-5H3,(H,16,17)/t11-/m1/s1. The van der Waals surface area contributed by atoms with E-state index in [9.17, 15) is 4.79 Å². The van der Waals surface area contributed by atoms with E-state index in [1.54, 1.807) is 0 Å². The normalized spacial score (nSPS) is 14.0. The number of carboxylic acid groups (broad SMARTS) is 1. The second-order valence-corrected chi connectivity index (χ2v) is 5.89. The van der Waals surface area contributed by atoms with E-state index in [2.05, 4.69) is 24.5 Å². The third-order valence-corrected chi connectivity index (χ3v) is 2.38. The number of rotatable bonds is 8. The van der Waals surface area contributed by atoms with E-state index in [0.717, 1.165) is 19.4 Å². The van der Waals surface area contributed by atoms with E-state index < -0.39 is 12.0 Å². The maximum absolute atomic E-state index is 11.1. The van der Waals surface area contributed by atoms with Crippen molar-refractivity contribution in [2.75, 3.05) is 6.54 Å². The minimum atomic E-state index is -0.753. The molecule has 17 heavy (non-hydrogen) atoms.